The van der Waals surface area contributed by atoms with Crippen molar-refractivity contribution in [1.82, 2.24) is 4.90 Å². The van der Waals surface area contributed by atoms with Crippen LogP contribution in [0.15, 0.2) is 30.3 Å². The predicted octanol–water partition coefficient (Wildman–Crippen LogP) is 4.00. The van der Waals surface area contributed by atoms with E-state index in [0.29, 0.717) is 11.5 Å². The lowest BCUT2D eigenvalue weighted by molar-refractivity contribution is 0.354. The third kappa shape index (κ3) is 5.41. The Kier molecular flexibility index (Phi) is 7.55. The van der Waals surface area contributed by atoms with E-state index in [2.05, 4.69) is 37.2 Å². The molecule has 0 saturated carbocycles. The lowest BCUT2D eigenvalue weighted by atomic mass is 10.0. The van der Waals surface area contributed by atoms with Gasteiger partial charge in [0.15, 0.2) is 23.0 Å². The second kappa shape index (κ2) is 9.88. The molecule has 27 heavy (non-hydrogen) atoms. The van der Waals surface area contributed by atoms with E-state index >= 15 is 0 Å². The number of nitrogens with zero attached hydrogens (tertiary/aromatic N) is 1. The summed E-state index contributed by atoms with van der Waals surface area (Å²) in [5.74, 6) is 2.89. The van der Waals surface area contributed by atoms with Crippen LogP contribution < -0.4 is 18.9 Å². The molecule has 5 heteroatoms. The number of ether oxygens (including phenoxy) is 4. The van der Waals surface area contributed by atoms with Crippen LogP contribution in [-0.2, 0) is 6.42 Å². The van der Waals surface area contributed by atoms with Crippen molar-refractivity contribution in [1.29, 1.82) is 0 Å². The summed E-state index contributed by atoms with van der Waals surface area (Å²) in [7, 11) is 10.7. The number of methoxy groups -OCH3 is 4. The molecule has 0 aromatic heterocycles. The first kappa shape index (κ1) is 20.6. The first-order valence-electron chi connectivity index (χ1n) is 8.82. The van der Waals surface area contributed by atoms with E-state index in [9.17, 15) is 0 Å². The zero-order chi connectivity index (χ0) is 19.8. The van der Waals surface area contributed by atoms with Gasteiger partial charge in [-0.2, -0.15) is 0 Å². The standard InChI is InChI=1S/C22H29NO4/c1-23(2)12-11-18-15-22(27-6)21(26-5)14-17(18)9-7-16-8-10-19(24-3)20(13-16)25-4/h7-10,13-15H,11-12H2,1-6H3/b9-7-. The number of likely N-dealkylation sites (N-methyl/N-ethyl adjacent to an activating group) is 1. The molecule has 0 aliphatic heterocycles. The summed E-state index contributed by atoms with van der Waals surface area (Å²) in [6.45, 7) is 0.951. The fraction of sp³-hybridized carbons (Fsp3) is 0.364. The van der Waals surface area contributed by atoms with Gasteiger partial charge >= 0.3 is 0 Å². The van der Waals surface area contributed by atoms with Gasteiger partial charge in [0.2, 0.25) is 0 Å². The van der Waals surface area contributed by atoms with Gasteiger partial charge < -0.3 is 23.8 Å². The fourth-order valence-electron chi connectivity index (χ4n) is 2.80. The van der Waals surface area contributed by atoms with Crippen LogP contribution in [0.5, 0.6) is 23.0 Å². The molecule has 2 aromatic carbocycles. The van der Waals surface area contributed by atoms with Gasteiger partial charge in [-0.25, -0.2) is 0 Å². The third-order valence-electron chi connectivity index (χ3n) is 4.34. The van der Waals surface area contributed by atoms with E-state index in [1.807, 2.05) is 24.3 Å². The van der Waals surface area contributed by atoms with Crippen molar-refractivity contribution in [2.45, 2.75) is 6.42 Å². The molecule has 0 aliphatic carbocycles. The van der Waals surface area contributed by atoms with Gasteiger partial charge in [-0.3, -0.25) is 0 Å². The Morgan fingerprint density at radius 3 is 1.93 bits per heavy atom. The van der Waals surface area contributed by atoms with E-state index in [4.69, 9.17) is 18.9 Å². The Morgan fingerprint density at radius 2 is 1.33 bits per heavy atom. The van der Waals surface area contributed by atoms with Crippen LogP contribution in [0.25, 0.3) is 12.2 Å². The highest BCUT2D eigenvalue weighted by molar-refractivity contribution is 5.74. The molecular weight excluding hydrogens is 342 g/mol. The molecule has 2 rings (SSSR count). The summed E-state index contributed by atoms with van der Waals surface area (Å²) in [6, 6.07) is 9.92. The Morgan fingerprint density at radius 1 is 0.741 bits per heavy atom. The van der Waals surface area contributed by atoms with Crippen LogP contribution in [0.2, 0.25) is 0 Å². The summed E-state index contributed by atoms with van der Waals surface area (Å²) in [6.07, 6.45) is 5.07. The average molecular weight is 371 g/mol. The summed E-state index contributed by atoms with van der Waals surface area (Å²) < 4.78 is 21.6. The highest BCUT2D eigenvalue weighted by Gasteiger charge is 2.10. The molecule has 0 fully saturated rings. The number of hydrogen-bond acceptors (Lipinski definition) is 5. The van der Waals surface area contributed by atoms with E-state index in [1.165, 1.54) is 5.56 Å². The zero-order valence-electron chi connectivity index (χ0n) is 17.0. The second-order valence-corrected chi connectivity index (χ2v) is 6.41. The fourth-order valence-corrected chi connectivity index (χ4v) is 2.80. The highest BCUT2D eigenvalue weighted by Crippen LogP contribution is 2.33. The molecule has 0 saturated heterocycles. The first-order chi connectivity index (χ1) is 13.0. The topological polar surface area (TPSA) is 40.2 Å². The predicted molar refractivity (Wildman–Crippen MR) is 110 cm³/mol. The van der Waals surface area contributed by atoms with Crippen molar-refractivity contribution in [3.05, 3.63) is 47.0 Å². The van der Waals surface area contributed by atoms with E-state index in [1.54, 1.807) is 28.4 Å². The van der Waals surface area contributed by atoms with Crippen molar-refractivity contribution in [2.24, 2.45) is 0 Å². The van der Waals surface area contributed by atoms with Crippen LogP contribution in [0.1, 0.15) is 16.7 Å². The molecule has 0 unspecified atom stereocenters. The van der Waals surface area contributed by atoms with Crippen LogP contribution in [-0.4, -0.2) is 54.0 Å². The molecule has 0 atom stereocenters. The van der Waals surface area contributed by atoms with Gasteiger partial charge in [-0.1, -0.05) is 18.2 Å². The summed E-state index contributed by atoms with van der Waals surface area (Å²) in [5.41, 5.74) is 3.34. The maximum Gasteiger partial charge on any atom is 0.161 e. The Labute approximate surface area is 162 Å². The summed E-state index contributed by atoms with van der Waals surface area (Å²) in [4.78, 5) is 2.17. The lowest BCUT2D eigenvalue weighted by Gasteiger charge is -2.15. The normalized spacial score (nSPS) is 11.1. The Hall–Kier alpha value is -2.66. The van der Waals surface area contributed by atoms with Gasteiger partial charge in [0.1, 0.15) is 0 Å². The van der Waals surface area contributed by atoms with Crippen LogP contribution in [0.4, 0.5) is 0 Å². The maximum absolute atomic E-state index is 5.47. The lowest BCUT2D eigenvalue weighted by Crippen LogP contribution is -2.15. The van der Waals surface area contributed by atoms with Crippen molar-refractivity contribution < 1.29 is 18.9 Å². The third-order valence-corrected chi connectivity index (χ3v) is 4.34. The van der Waals surface area contributed by atoms with Crippen LogP contribution in [0, 0.1) is 0 Å². The molecule has 0 spiro atoms. The molecule has 146 valence electrons. The maximum atomic E-state index is 5.47. The van der Waals surface area contributed by atoms with Crippen molar-refractivity contribution in [3.63, 3.8) is 0 Å². The van der Waals surface area contributed by atoms with Gasteiger partial charge in [0.25, 0.3) is 0 Å². The van der Waals surface area contributed by atoms with Gasteiger partial charge in [-0.05, 0) is 61.5 Å². The van der Waals surface area contributed by atoms with Gasteiger partial charge in [-0.15, -0.1) is 0 Å². The second-order valence-electron chi connectivity index (χ2n) is 6.41. The minimum Gasteiger partial charge on any atom is -0.493 e. The Balaban J connectivity index is 2.38. The van der Waals surface area contributed by atoms with E-state index in [0.717, 1.165) is 35.6 Å². The molecule has 0 bridgehead atoms. The Bertz CT molecular complexity index is 784. The van der Waals surface area contributed by atoms with Crippen LogP contribution in [0.3, 0.4) is 0 Å². The van der Waals surface area contributed by atoms with Gasteiger partial charge in [0.05, 0.1) is 28.4 Å². The van der Waals surface area contributed by atoms with E-state index < -0.39 is 0 Å². The van der Waals surface area contributed by atoms with Crippen molar-refractivity contribution >= 4 is 12.2 Å². The minimum absolute atomic E-state index is 0.708. The highest BCUT2D eigenvalue weighted by atomic mass is 16.5. The molecular formula is C22H29NO4. The first-order valence-corrected chi connectivity index (χ1v) is 8.82. The molecule has 0 aliphatic rings. The van der Waals surface area contributed by atoms with Crippen molar-refractivity contribution in [2.75, 3.05) is 49.1 Å². The SMILES string of the molecule is COc1ccc(/C=C\c2cc(OC)c(OC)cc2CCN(C)C)cc1OC. The number of hydrogen-bond donors (Lipinski definition) is 0. The number of rotatable bonds is 9. The monoisotopic (exact) mass is 371 g/mol. The minimum atomic E-state index is 0.708. The quantitative estimate of drug-likeness (QED) is 0.623. The average Bonchev–Trinajstić information content (AvgIpc) is 2.69. The molecule has 0 amide bonds. The smallest absolute Gasteiger partial charge is 0.161 e. The van der Waals surface area contributed by atoms with Crippen molar-refractivity contribution in [3.8, 4) is 23.0 Å². The molecule has 2 aromatic rings. The zero-order valence-corrected chi connectivity index (χ0v) is 17.0. The largest absolute Gasteiger partial charge is 0.493 e. The van der Waals surface area contributed by atoms with E-state index in [-0.39, 0.29) is 0 Å². The molecule has 0 radical (unpaired) electrons. The summed E-state index contributed by atoms with van der Waals surface area (Å²) in [5, 5.41) is 0. The molecule has 0 N–H and O–H groups in total. The number of benzene rings is 2. The molecule has 0 heterocycles. The van der Waals surface area contributed by atoms with Crippen LogP contribution >= 0.6 is 0 Å². The molecule has 5 nitrogen and oxygen atoms in total. The van der Waals surface area contributed by atoms with Gasteiger partial charge in [0, 0.05) is 6.54 Å². The summed E-state index contributed by atoms with van der Waals surface area (Å²) >= 11 is 0.